The Balaban J connectivity index is 1.50. The van der Waals surface area contributed by atoms with E-state index in [1.165, 1.54) is 16.4 Å². The zero-order valence-electron chi connectivity index (χ0n) is 17.1. The number of benzene rings is 1. The van der Waals surface area contributed by atoms with Gasteiger partial charge in [-0.2, -0.15) is 4.31 Å². The molecule has 3 aliphatic heterocycles. The van der Waals surface area contributed by atoms with E-state index in [0.717, 1.165) is 18.9 Å². The zero-order valence-corrected chi connectivity index (χ0v) is 18.0. The quantitative estimate of drug-likeness (QED) is 0.464. The molecular weight excluding hydrogens is 428 g/mol. The van der Waals surface area contributed by atoms with Gasteiger partial charge in [0.15, 0.2) is 0 Å². The van der Waals surface area contributed by atoms with E-state index >= 15 is 0 Å². The third kappa shape index (κ3) is 4.52. The molecule has 4 rings (SSSR count). The van der Waals surface area contributed by atoms with E-state index in [9.17, 15) is 23.3 Å². The Kier molecular flexibility index (Phi) is 6.42. The maximum atomic E-state index is 12.9. The van der Waals surface area contributed by atoms with Gasteiger partial charge in [0.05, 0.1) is 23.0 Å². The summed E-state index contributed by atoms with van der Waals surface area (Å²) in [6, 6.07) is 4.03. The van der Waals surface area contributed by atoms with Gasteiger partial charge in [0.25, 0.3) is 11.6 Å². The number of rotatable bonds is 5. The van der Waals surface area contributed by atoms with E-state index in [1.54, 1.807) is 4.90 Å². The number of carbonyl (C=O) groups is 1. The van der Waals surface area contributed by atoms with Crippen LogP contribution in [0.25, 0.3) is 0 Å². The van der Waals surface area contributed by atoms with Crippen molar-refractivity contribution in [3.8, 4) is 0 Å². The first-order valence-electron chi connectivity index (χ1n) is 10.4. The van der Waals surface area contributed by atoms with Gasteiger partial charge in [-0.3, -0.25) is 14.9 Å². The molecule has 0 N–H and O–H groups in total. The molecule has 0 aromatic heterocycles. The summed E-state index contributed by atoms with van der Waals surface area (Å²) in [7, 11) is -3.83. The lowest BCUT2D eigenvalue weighted by Crippen LogP contribution is -2.51. The fraction of sp³-hybridized carbons (Fsp3) is 0.632. The number of amides is 1. The topological polar surface area (TPSA) is 123 Å². The number of anilines is 1. The number of nitro groups is 1. The number of nitro benzene ring substituents is 1. The summed E-state index contributed by atoms with van der Waals surface area (Å²) in [6.07, 6.45) is 1.22. The lowest BCUT2D eigenvalue weighted by atomic mass is 10.2. The molecule has 1 aromatic rings. The Hall–Kier alpha value is -2.28. The SMILES string of the molecule is O=C(C1CCCO1)N1CCN(c2ccc(S(=O)(=O)N3CCOCC3)cc2[N+](=O)[O-])CC1. The van der Waals surface area contributed by atoms with Gasteiger partial charge in [-0.1, -0.05) is 0 Å². The van der Waals surface area contributed by atoms with Crippen LogP contribution in [0.3, 0.4) is 0 Å². The van der Waals surface area contributed by atoms with E-state index in [0.29, 0.717) is 51.7 Å². The lowest BCUT2D eigenvalue weighted by molar-refractivity contribution is -0.384. The predicted molar refractivity (Wildman–Crippen MR) is 110 cm³/mol. The first-order chi connectivity index (χ1) is 14.9. The van der Waals surface area contributed by atoms with Crippen molar-refractivity contribution in [1.29, 1.82) is 0 Å². The maximum absolute atomic E-state index is 12.9. The molecule has 3 saturated heterocycles. The first kappa shape index (κ1) is 21.9. The molecule has 0 bridgehead atoms. The van der Waals surface area contributed by atoms with Gasteiger partial charge in [-0.25, -0.2) is 8.42 Å². The monoisotopic (exact) mass is 454 g/mol. The fourth-order valence-electron chi connectivity index (χ4n) is 4.16. The molecule has 12 heteroatoms. The lowest BCUT2D eigenvalue weighted by Gasteiger charge is -2.36. The number of hydrogen-bond donors (Lipinski definition) is 0. The third-order valence-corrected chi connectivity index (χ3v) is 7.78. The highest BCUT2D eigenvalue weighted by Gasteiger charge is 2.33. The summed E-state index contributed by atoms with van der Waals surface area (Å²) in [5, 5.41) is 11.7. The standard InChI is InChI=1S/C19H26N4O7S/c24-19(18-2-1-11-30-18)21-7-5-20(6-8-21)16-4-3-15(14-17(16)23(25)26)31(27,28)22-9-12-29-13-10-22/h3-4,14,18H,1-2,5-13H2. The van der Waals surface area contributed by atoms with Crippen LogP contribution in [0.5, 0.6) is 0 Å². The average molecular weight is 455 g/mol. The predicted octanol–water partition coefficient (Wildman–Crippen LogP) is 0.443. The summed E-state index contributed by atoms with van der Waals surface area (Å²) >= 11 is 0. The highest BCUT2D eigenvalue weighted by Crippen LogP contribution is 2.33. The molecule has 1 aromatic carbocycles. The number of nitrogens with zero attached hydrogens (tertiary/aromatic N) is 4. The number of ether oxygens (including phenoxy) is 2. The molecule has 3 heterocycles. The van der Waals surface area contributed by atoms with Crippen molar-refractivity contribution in [3.63, 3.8) is 0 Å². The van der Waals surface area contributed by atoms with Gasteiger partial charge in [0.1, 0.15) is 11.8 Å². The molecule has 0 aliphatic carbocycles. The van der Waals surface area contributed by atoms with Crippen LogP contribution >= 0.6 is 0 Å². The number of hydrogen-bond acceptors (Lipinski definition) is 8. The van der Waals surface area contributed by atoms with Crippen LogP contribution in [0.4, 0.5) is 11.4 Å². The molecule has 1 amide bonds. The highest BCUT2D eigenvalue weighted by atomic mass is 32.2. The van der Waals surface area contributed by atoms with Gasteiger partial charge in [-0.05, 0) is 25.0 Å². The molecule has 0 spiro atoms. The number of piperazine rings is 1. The van der Waals surface area contributed by atoms with Crippen LogP contribution in [-0.4, -0.2) is 93.6 Å². The molecule has 3 fully saturated rings. The van der Waals surface area contributed by atoms with E-state index in [4.69, 9.17) is 9.47 Å². The Bertz CT molecular complexity index is 935. The van der Waals surface area contributed by atoms with Crippen LogP contribution in [0.1, 0.15) is 12.8 Å². The third-order valence-electron chi connectivity index (χ3n) is 5.89. The highest BCUT2D eigenvalue weighted by molar-refractivity contribution is 7.89. The van der Waals surface area contributed by atoms with Crippen molar-refractivity contribution in [3.05, 3.63) is 28.3 Å². The smallest absolute Gasteiger partial charge is 0.293 e. The molecule has 3 aliphatic rings. The average Bonchev–Trinajstić information content (AvgIpc) is 3.34. The van der Waals surface area contributed by atoms with E-state index in [2.05, 4.69) is 0 Å². The fourth-order valence-corrected chi connectivity index (χ4v) is 5.59. The zero-order chi connectivity index (χ0) is 22.0. The van der Waals surface area contributed by atoms with Crippen molar-refractivity contribution in [2.75, 3.05) is 64.0 Å². The normalized spacial score (nSPS) is 23.2. The van der Waals surface area contributed by atoms with Crippen molar-refractivity contribution in [1.82, 2.24) is 9.21 Å². The number of sulfonamides is 1. The second-order valence-corrected chi connectivity index (χ2v) is 9.68. The minimum absolute atomic E-state index is 0.0291. The van der Waals surface area contributed by atoms with Gasteiger partial charge in [0, 0.05) is 51.9 Å². The van der Waals surface area contributed by atoms with Crippen molar-refractivity contribution >= 4 is 27.3 Å². The van der Waals surface area contributed by atoms with Crippen LogP contribution in [0, 0.1) is 10.1 Å². The van der Waals surface area contributed by atoms with E-state index in [1.807, 2.05) is 4.90 Å². The van der Waals surface area contributed by atoms with Crippen molar-refractivity contribution < 1.29 is 27.6 Å². The van der Waals surface area contributed by atoms with Gasteiger partial charge >= 0.3 is 0 Å². The molecular formula is C19H26N4O7S. The summed E-state index contributed by atoms with van der Waals surface area (Å²) in [5.41, 5.74) is 0.100. The van der Waals surface area contributed by atoms with Crippen molar-refractivity contribution in [2.24, 2.45) is 0 Å². The summed E-state index contributed by atoms with van der Waals surface area (Å²) < 4.78 is 37.7. The largest absolute Gasteiger partial charge is 0.379 e. The Morgan fingerprint density at radius 3 is 2.39 bits per heavy atom. The van der Waals surface area contributed by atoms with Gasteiger partial charge in [-0.15, -0.1) is 0 Å². The minimum Gasteiger partial charge on any atom is -0.379 e. The van der Waals surface area contributed by atoms with Crippen LogP contribution < -0.4 is 4.90 Å². The minimum atomic E-state index is -3.83. The summed E-state index contributed by atoms with van der Waals surface area (Å²) in [6.45, 7) is 3.36. The molecule has 0 saturated carbocycles. The molecule has 1 atom stereocenters. The number of morpholine rings is 1. The van der Waals surface area contributed by atoms with E-state index < -0.39 is 14.9 Å². The number of carbonyl (C=O) groups excluding carboxylic acids is 1. The second kappa shape index (κ2) is 9.07. The summed E-state index contributed by atoms with van der Waals surface area (Å²) in [5.74, 6) is -0.0291. The molecule has 1 unspecified atom stereocenters. The van der Waals surface area contributed by atoms with Crippen molar-refractivity contribution in [2.45, 2.75) is 23.8 Å². The van der Waals surface area contributed by atoms with Crippen LogP contribution in [-0.2, 0) is 24.3 Å². The second-order valence-electron chi connectivity index (χ2n) is 7.74. The van der Waals surface area contributed by atoms with Gasteiger partial charge in [0.2, 0.25) is 10.0 Å². The summed E-state index contributed by atoms with van der Waals surface area (Å²) in [4.78, 5) is 27.1. The van der Waals surface area contributed by atoms with Crippen LogP contribution in [0.15, 0.2) is 23.1 Å². The Labute approximate surface area is 180 Å². The molecule has 170 valence electrons. The molecule has 0 radical (unpaired) electrons. The van der Waals surface area contributed by atoms with Crippen LogP contribution in [0.2, 0.25) is 0 Å². The molecule has 11 nitrogen and oxygen atoms in total. The Morgan fingerprint density at radius 1 is 1.06 bits per heavy atom. The molecule has 31 heavy (non-hydrogen) atoms. The van der Waals surface area contributed by atoms with Gasteiger partial charge < -0.3 is 19.3 Å². The van der Waals surface area contributed by atoms with E-state index in [-0.39, 0.29) is 35.7 Å². The Morgan fingerprint density at radius 2 is 1.77 bits per heavy atom. The maximum Gasteiger partial charge on any atom is 0.293 e. The first-order valence-corrected chi connectivity index (χ1v) is 11.8.